The fraction of sp³-hybridized carbons (Fsp3) is 0.400. The lowest BCUT2D eigenvalue weighted by Crippen LogP contribution is -2.19. The summed E-state index contributed by atoms with van der Waals surface area (Å²) in [5.41, 5.74) is 0.737. The standard InChI is InChI=1S/C10H12FN2O/c1-14-10-9(6-8(11)7-12-10)13-4-2-3-5-13/h2,6-7H,3-5H2,1H3. The Balaban J connectivity index is 2.33. The van der Waals surface area contributed by atoms with Crippen molar-refractivity contribution in [3.63, 3.8) is 0 Å². The van der Waals surface area contributed by atoms with Gasteiger partial charge in [-0.2, -0.15) is 0 Å². The molecule has 0 aliphatic carbocycles. The number of anilines is 1. The van der Waals surface area contributed by atoms with Crippen molar-refractivity contribution in [3.05, 3.63) is 24.5 Å². The number of rotatable bonds is 2. The lowest BCUT2D eigenvalue weighted by molar-refractivity contribution is 0.396. The summed E-state index contributed by atoms with van der Waals surface area (Å²) in [6, 6.07) is 1.46. The highest BCUT2D eigenvalue weighted by molar-refractivity contribution is 5.56. The number of pyridine rings is 1. The van der Waals surface area contributed by atoms with Crippen molar-refractivity contribution in [2.75, 3.05) is 25.1 Å². The van der Waals surface area contributed by atoms with Crippen molar-refractivity contribution >= 4 is 5.69 Å². The average Bonchev–Trinajstić information content (AvgIpc) is 2.70. The van der Waals surface area contributed by atoms with Crippen LogP contribution in [0.1, 0.15) is 6.42 Å². The van der Waals surface area contributed by atoms with Crippen LogP contribution < -0.4 is 9.64 Å². The van der Waals surface area contributed by atoms with Crippen molar-refractivity contribution in [1.29, 1.82) is 0 Å². The van der Waals surface area contributed by atoms with Crippen LogP contribution in [0.3, 0.4) is 0 Å². The van der Waals surface area contributed by atoms with Gasteiger partial charge in [-0.1, -0.05) is 0 Å². The first-order chi connectivity index (χ1) is 6.81. The van der Waals surface area contributed by atoms with Crippen LogP contribution in [-0.2, 0) is 0 Å². The summed E-state index contributed by atoms with van der Waals surface area (Å²) in [6.45, 7) is 1.74. The second-order valence-corrected chi connectivity index (χ2v) is 3.21. The van der Waals surface area contributed by atoms with Crippen molar-refractivity contribution in [3.8, 4) is 5.88 Å². The maximum absolute atomic E-state index is 13.0. The van der Waals surface area contributed by atoms with E-state index in [9.17, 15) is 4.39 Å². The molecule has 1 fully saturated rings. The molecular weight excluding hydrogens is 183 g/mol. The number of methoxy groups -OCH3 is 1. The van der Waals surface area contributed by atoms with Gasteiger partial charge in [-0.25, -0.2) is 9.37 Å². The number of nitrogens with zero attached hydrogens (tertiary/aromatic N) is 2. The summed E-state index contributed by atoms with van der Waals surface area (Å²) >= 11 is 0. The van der Waals surface area contributed by atoms with E-state index in [4.69, 9.17) is 4.74 Å². The maximum Gasteiger partial charge on any atom is 0.237 e. The lowest BCUT2D eigenvalue weighted by Gasteiger charge is -2.19. The molecule has 3 nitrogen and oxygen atoms in total. The van der Waals surface area contributed by atoms with Crippen LogP contribution in [-0.4, -0.2) is 25.2 Å². The molecule has 2 heterocycles. The normalized spacial score (nSPS) is 16.0. The third-order valence-corrected chi connectivity index (χ3v) is 2.29. The molecule has 0 unspecified atom stereocenters. The van der Waals surface area contributed by atoms with Gasteiger partial charge in [-0.15, -0.1) is 0 Å². The van der Waals surface area contributed by atoms with Crippen LogP contribution in [0.5, 0.6) is 5.88 Å². The zero-order valence-electron chi connectivity index (χ0n) is 8.03. The van der Waals surface area contributed by atoms with Gasteiger partial charge in [0, 0.05) is 19.2 Å². The van der Waals surface area contributed by atoms with Crippen LogP contribution in [0.4, 0.5) is 10.1 Å². The van der Waals surface area contributed by atoms with Crippen LogP contribution in [0, 0.1) is 12.2 Å². The Morgan fingerprint density at radius 2 is 2.43 bits per heavy atom. The average molecular weight is 195 g/mol. The minimum Gasteiger partial charge on any atom is -0.480 e. The summed E-state index contributed by atoms with van der Waals surface area (Å²) in [7, 11) is 1.55. The number of aromatic nitrogens is 1. The van der Waals surface area contributed by atoms with Gasteiger partial charge in [0.2, 0.25) is 5.88 Å². The molecule has 1 aromatic rings. The molecule has 0 amide bonds. The summed E-state index contributed by atoms with van der Waals surface area (Å²) in [5.74, 6) is 0.161. The molecule has 1 aromatic heterocycles. The van der Waals surface area contributed by atoms with Gasteiger partial charge in [0.25, 0.3) is 0 Å². The van der Waals surface area contributed by atoms with Crippen LogP contribution >= 0.6 is 0 Å². The molecule has 0 N–H and O–H groups in total. The Hall–Kier alpha value is -1.32. The van der Waals surface area contributed by atoms with Gasteiger partial charge in [-0.05, 0) is 12.8 Å². The molecule has 0 spiro atoms. The Bertz CT molecular complexity index is 324. The van der Waals surface area contributed by atoms with Gasteiger partial charge in [0.1, 0.15) is 11.5 Å². The zero-order chi connectivity index (χ0) is 9.97. The van der Waals surface area contributed by atoms with Gasteiger partial charge in [0.05, 0.1) is 13.3 Å². The maximum atomic E-state index is 13.0. The van der Waals surface area contributed by atoms with E-state index in [-0.39, 0.29) is 5.82 Å². The number of hydrogen-bond donors (Lipinski definition) is 0. The molecule has 4 heteroatoms. The lowest BCUT2D eigenvalue weighted by atomic mass is 10.3. The first-order valence-corrected chi connectivity index (χ1v) is 4.57. The molecule has 0 saturated carbocycles. The highest BCUT2D eigenvalue weighted by atomic mass is 19.1. The first-order valence-electron chi connectivity index (χ1n) is 4.57. The summed E-state index contributed by atoms with van der Waals surface area (Å²) in [6.07, 6.45) is 4.35. The van der Waals surface area contributed by atoms with E-state index in [1.165, 1.54) is 12.3 Å². The Kier molecular flexibility index (Phi) is 2.52. The third kappa shape index (κ3) is 1.64. The Labute approximate surface area is 82.5 Å². The van der Waals surface area contributed by atoms with Crippen molar-refractivity contribution in [1.82, 2.24) is 4.98 Å². The third-order valence-electron chi connectivity index (χ3n) is 2.29. The minimum atomic E-state index is -0.326. The van der Waals surface area contributed by atoms with E-state index in [0.717, 1.165) is 25.2 Å². The van der Waals surface area contributed by atoms with Crippen molar-refractivity contribution < 1.29 is 9.13 Å². The molecule has 0 bridgehead atoms. The fourth-order valence-corrected chi connectivity index (χ4v) is 1.60. The predicted octanol–water partition coefficient (Wildman–Crippen LogP) is 1.64. The topological polar surface area (TPSA) is 25.4 Å². The van der Waals surface area contributed by atoms with E-state index in [1.54, 1.807) is 7.11 Å². The molecule has 1 radical (unpaired) electrons. The van der Waals surface area contributed by atoms with Crippen molar-refractivity contribution in [2.24, 2.45) is 0 Å². The molecule has 1 saturated heterocycles. The van der Waals surface area contributed by atoms with E-state index >= 15 is 0 Å². The largest absolute Gasteiger partial charge is 0.480 e. The van der Waals surface area contributed by atoms with E-state index in [1.807, 2.05) is 0 Å². The summed E-state index contributed by atoms with van der Waals surface area (Å²) in [5, 5.41) is 0. The van der Waals surface area contributed by atoms with Gasteiger partial charge < -0.3 is 9.64 Å². The summed E-state index contributed by atoms with van der Waals surface area (Å²) in [4.78, 5) is 5.94. The molecular formula is C10H12FN2O. The van der Waals surface area contributed by atoms with Crippen LogP contribution in [0.15, 0.2) is 12.3 Å². The van der Waals surface area contributed by atoms with E-state index < -0.39 is 0 Å². The first kappa shape index (κ1) is 9.24. The van der Waals surface area contributed by atoms with Gasteiger partial charge in [0.15, 0.2) is 0 Å². The quantitative estimate of drug-likeness (QED) is 0.717. The zero-order valence-corrected chi connectivity index (χ0v) is 8.03. The fourth-order valence-electron chi connectivity index (χ4n) is 1.60. The molecule has 0 aromatic carbocycles. The van der Waals surface area contributed by atoms with Gasteiger partial charge >= 0.3 is 0 Å². The molecule has 1 aliphatic rings. The Morgan fingerprint density at radius 3 is 3.07 bits per heavy atom. The SMILES string of the molecule is COc1ncc(F)cc1N1C[CH]CC1. The second kappa shape index (κ2) is 3.82. The second-order valence-electron chi connectivity index (χ2n) is 3.21. The highest BCUT2D eigenvalue weighted by Gasteiger charge is 2.17. The molecule has 2 rings (SSSR count). The van der Waals surface area contributed by atoms with Crippen LogP contribution in [0.25, 0.3) is 0 Å². The minimum absolute atomic E-state index is 0.326. The smallest absolute Gasteiger partial charge is 0.237 e. The Morgan fingerprint density at radius 1 is 1.57 bits per heavy atom. The number of halogens is 1. The number of hydrogen-bond acceptors (Lipinski definition) is 3. The monoisotopic (exact) mass is 195 g/mol. The van der Waals surface area contributed by atoms with Gasteiger partial charge in [-0.3, -0.25) is 0 Å². The molecule has 75 valence electrons. The summed E-state index contributed by atoms with van der Waals surface area (Å²) < 4.78 is 18.1. The van der Waals surface area contributed by atoms with E-state index in [2.05, 4.69) is 16.3 Å². The highest BCUT2D eigenvalue weighted by Crippen LogP contribution is 2.28. The van der Waals surface area contributed by atoms with Crippen LogP contribution in [0.2, 0.25) is 0 Å². The van der Waals surface area contributed by atoms with Crippen molar-refractivity contribution in [2.45, 2.75) is 6.42 Å². The predicted molar refractivity (Wildman–Crippen MR) is 51.9 cm³/mol. The van der Waals surface area contributed by atoms with E-state index in [0.29, 0.717) is 5.88 Å². The molecule has 1 aliphatic heterocycles. The molecule has 0 atom stereocenters. The number of ether oxygens (including phenoxy) is 1. The molecule has 14 heavy (non-hydrogen) atoms.